The number of carbonyl (C=O) groups excluding carboxylic acids is 1. The maximum atomic E-state index is 11.5. The van der Waals surface area contributed by atoms with Crippen molar-refractivity contribution < 1.29 is 4.79 Å². The molecular formula is C14H29N3O. The highest BCUT2D eigenvalue weighted by Crippen LogP contribution is 2.37. The van der Waals surface area contributed by atoms with Crippen LogP contribution >= 0.6 is 0 Å². The molecular weight excluding hydrogens is 226 g/mol. The van der Waals surface area contributed by atoms with Gasteiger partial charge in [-0.3, -0.25) is 4.79 Å². The molecule has 3 N–H and O–H groups in total. The van der Waals surface area contributed by atoms with Gasteiger partial charge in [-0.15, -0.1) is 0 Å². The van der Waals surface area contributed by atoms with Gasteiger partial charge < -0.3 is 16.0 Å². The third-order valence-electron chi connectivity index (χ3n) is 4.15. The first-order valence-electron chi connectivity index (χ1n) is 7.12. The number of hydrogen-bond acceptors (Lipinski definition) is 3. The average molecular weight is 255 g/mol. The monoisotopic (exact) mass is 255 g/mol. The van der Waals surface area contributed by atoms with Gasteiger partial charge in [-0.1, -0.05) is 13.8 Å². The fourth-order valence-electron chi connectivity index (χ4n) is 2.54. The van der Waals surface area contributed by atoms with E-state index in [2.05, 4.69) is 24.2 Å². The second-order valence-electron chi connectivity index (χ2n) is 6.07. The molecule has 0 aliphatic heterocycles. The third-order valence-corrected chi connectivity index (χ3v) is 4.15. The zero-order valence-electron chi connectivity index (χ0n) is 12.3. The summed E-state index contributed by atoms with van der Waals surface area (Å²) in [6.45, 7) is 9.22. The van der Waals surface area contributed by atoms with Crippen LogP contribution in [0.3, 0.4) is 0 Å². The van der Waals surface area contributed by atoms with Gasteiger partial charge in [0.25, 0.3) is 0 Å². The summed E-state index contributed by atoms with van der Waals surface area (Å²) in [6, 6.07) is 0. The molecule has 3 atom stereocenters. The number of nitrogens with one attached hydrogen (secondary N) is 1. The van der Waals surface area contributed by atoms with Crippen molar-refractivity contribution in [1.82, 2.24) is 10.2 Å². The standard InChI is InChI=1S/C14H29N3O/c1-5-16-14(3,13(15)18)7-6-8-17(4)10-12-9-11(12)2/h11-12,16H,5-10H2,1-4H3,(H2,15,18). The highest BCUT2D eigenvalue weighted by Gasteiger charge is 2.33. The molecule has 0 aromatic heterocycles. The van der Waals surface area contributed by atoms with Crippen LogP contribution in [-0.2, 0) is 4.79 Å². The second kappa shape index (κ2) is 6.53. The maximum Gasteiger partial charge on any atom is 0.237 e. The molecule has 1 saturated carbocycles. The van der Waals surface area contributed by atoms with Crippen molar-refractivity contribution in [3.63, 3.8) is 0 Å². The molecule has 0 aromatic carbocycles. The van der Waals surface area contributed by atoms with Gasteiger partial charge in [0.05, 0.1) is 5.54 Å². The Hall–Kier alpha value is -0.610. The summed E-state index contributed by atoms with van der Waals surface area (Å²) in [6.07, 6.45) is 3.19. The van der Waals surface area contributed by atoms with Crippen molar-refractivity contribution in [3.05, 3.63) is 0 Å². The largest absolute Gasteiger partial charge is 0.368 e. The van der Waals surface area contributed by atoms with Crippen molar-refractivity contribution in [1.29, 1.82) is 0 Å². The van der Waals surface area contributed by atoms with Gasteiger partial charge in [-0.2, -0.15) is 0 Å². The van der Waals surface area contributed by atoms with Gasteiger partial charge in [0.2, 0.25) is 5.91 Å². The topological polar surface area (TPSA) is 58.4 Å². The highest BCUT2D eigenvalue weighted by molar-refractivity contribution is 5.84. The van der Waals surface area contributed by atoms with E-state index in [1.54, 1.807) is 0 Å². The maximum absolute atomic E-state index is 11.5. The summed E-state index contributed by atoms with van der Waals surface area (Å²) in [7, 11) is 2.17. The van der Waals surface area contributed by atoms with Crippen LogP contribution in [0.25, 0.3) is 0 Å². The van der Waals surface area contributed by atoms with Crippen LogP contribution in [0.1, 0.15) is 40.0 Å². The minimum Gasteiger partial charge on any atom is -0.368 e. The Labute approximate surface area is 111 Å². The molecule has 1 fully saturated rings. The molecule has 106 valence electrons. The molecule has 0 radical (unpaired) electrons. The Balaban J connectivity index is 2.23. The fourth-order valence-corrected chi connectivity index (χ4v) is 2.54. The third kappa shape index (κ3) is 4.58. The minimum atomic E-state index is -0.553. The van der Waals surface area contributed by atoms with E-state index >= 15 is 0 Å². The summed E-state index contributed by atoms with van der Waals surface area (Å²) in [4.78, 5) is 13.8. The van der Waals surface area contributed by atoms with Gasteiger partial charge >= 0.3 is 0 Å². The Morgan fingerprint density at radius 3 is 2.61 bits per heavy atom. The minimum absolute atomic E-state index is 0.247. The Morgan fingerprint density at radius 1 is 1.56 bits per heavy atom. The van der Waals surface area contributed by atoms with E-state index in [1.165, 1.54) is 13.0 Å². The first kappa shape index (κ1) is 15.4. The number of amides is 1. The summed E-state index contributed by atoms with van der Waals surface area (Å²) in [5.74, 6) is 1.55. The first-order chi connectivity index (χ1) is 8.39. The fraction of sp³-hybridized carbons (Fsp3) is 0.929. The van der Waals surface area contributed by atoms with E-state index in [4.69, 9.17) is 5.73 Å². The molecule has 3 unspecified atom stereocenters. The molecule has 1 amide bonds. The van der Waals surface area contributed by atoms with Crippen molar-refractivity contribution >= 4 is 5.91 Å². The molecule has 18 heavy (non-hydrogen) atoms. The van der Waals surface area contributed by atoms with Crippen LogP contribution < -0.4 is 11.1 Å². The van der Waals surface area contributed by atoms with Crippen LogP contribution in [0.2, 0.25) is 0 Å². The highest BCUT2D eigenvalue weighted by atomic mass is 16.1. The lowest BCUT2D eigenvalue weighted by Crippen LogP contribution is -2.53. The van der Waals surface area contributed by atoms with Gasteiger partial charge in [-0.25, -0.2) is 0 Å². The van der Waals surface area contributed by atoms with E-state index < -0.39 is 5.54 Å². The van der Waals surface area contributed by atoms with Crippen LogP contribution in [0.4, 0.5) is 0 Å². The zero-order chi connectivity index (χ0) is 13.8. The van der Waals surface area contributed by atoms with Crippen LogP contribution in [0, 0.1) is 11.8 Å². The molecule has 1 aliphatic carbocycles. The van der Waals surface area contributed by atoms with Crippen LogP contribution in [0.15, 0.2) is 0 Å². The predicted octanol–water partition coefficient (Wildman–Crippen LogP) is 1.21. The summed E-state index contributed by atoms with van der Waals surface area (Å²) >= 11 is 0. The number of primary amides is 1. The normalized spacial score (nSPS) is 26.1. The first-order valence-corrected chi connectivity index (χ1v) is 7.12. The molecule has 1 aliphatic rings. The lowest BCUT2D eigenvalue weighted by molar-refractivity contribution is -0.124. The SMILES string of the molecule is CCNC(C)(CCCN(C)CC1CC1C)C(N)=O. The molecule has 4 nitrogen and oxygen atoms in total. The van der Waals surface area contributed by atoms with Crippen LogP contribution in [0.5, 0.6) is 0 Å². The molecule has 0 spiro atoms. The smallest absolute Gasteiger partial charge is 0.237 e. The Morgan fingerprint density at radius 2 is 2.17 bits per heavy atom. The van der Waals surface area contributed by atoms with E-state index in [0.717, 1.165) is 37.8 Å². The molecule has 1 rings (SSSR count). The second-order valence-corrected chi connectivity index (χ2v) is 6.07. The number of nitrogens with zero attached hydrogens (tertiary/aromatic N) is 1. The van der Waals surface area contributed by atoms with Crippen molar-refractivity contribution in [3.8, 4) is 0 Å². The molecule has 0 bridgehead atoms. The molecule has 0 aromatic rings. The number of likely N-dealkylation sites (N-methyl/N-ethyl adjacent to an activating group) is 1. The van der Waals surface area contributed by atoms with Gasteiger partial charge in [-0.05, 0) is 58.2 Å². The van der Waals surface area contributed by atoms with Gasteiger partial charge in [0.1, 0.15) is 0 Å². The van der Waals surface area contributed by atoms with Gasteiger partial charge in [0, 0.05) is 6.54 Å². The Bertz CT molecular complexity index is 282. The Kier molecular flexibility index (Phi) is 5.60. The lowest BCUT2D eigenvalue weighted by atomic mass is 9.94. The molecule has 0 heterocycles. The quantitative estimate of drug-likeness (QED) is 0.651. The number of rotatable bonds is 9. The van der Waals surface area contributed by atoms with Gasteiger partial charge in [0.15, 0.2) is 0 Å². The molecule has 0 saturated heterocycles. The zero-order valence-corrected chi connectivity index (χ0v) is 12.3. The van der Waals surface area contributed by atoms with E-state index in [9.17, 15) is 4.79 Å². The molecule has 4 heteroatoms. The summed E-state index contributed by atoms with van der Waals surface area (Å²) in [5.41, 5.74) is 4.91. The van der Waals surface area contributed by atoms with E-state index in [1.807, 2.05) is 13.8 Å². The number of hydrogen-bond donors (Lipinski definition) is 2. The van der Waals surface area contributed by atoms with Crippen LogP contribution in [-0.4, -0.2) is 43.0 Å². The lowest BCUT2D eigenvalue weighted by Gasteiger charge is -2.28. The average Bonchev–Trinajstić information content (AvgIpc) is 2.94. The number of carbonyl (C=O) groups is 1. The van der Waals surface area contributed by atoms with Crippen molar-refractivity contribution in [2.75, 3.05) is 26.7 Å². The summed E-state index contributed by atoms with van der Waals surface area (Å²) < 4.78 is 0. The van der Waals surface area contributed by atoms with E-state index in [-0.39, 0.29) is 5.91 Å². The number of nitrogens with two attached hydrogens (primary N) is 1. The van der Waals surface area contributed by atoms with E-state index in [0.29, 0.717) is 0 Å². The summed E-state index contributed by atoms with van der Waals surface area (Å²) in [5, 5.41) is 3.20. The van der Waals surface area contributed by atoms with Crippen molar-refractivity contribution in [2.24, 2.45) is 17.6 Å². The predicted molar refractivity (Wildman–Crippen MR) is 75.3 cm³/mol. The van der Waals surface area contributed by atoms with Crippen molar-refractivity contribution in [2.45, 2.75) is 45.6 Å².